The minimum Gasteiger partial charge on any atom is -0.480 e. The topological polar surface area (TPSA) is 91.9 Å². The Balaban J connectivity index is 1.91. The van der Waals surface area contributed by atoms with Gasteiger partial charge < -0.3 is 19.6 Å². The van der Waals surface area contributed by atoms with Crippen LogP contribution in [0.15, 0.2) is 23.0 Å². The zero-order valence-corrected chi connectivity index (χ0v) is 12.6. The average molecular weight is 322 g/mol. The molecule has 0 spiro atoms. The number of nitrogens with zero attached hydrogens (tertiary/aromatic N) is 1. The van der Waals surface area contributed by atoms with Crippen molar-refractivity contribution in [3.8, 4) is 22.8 Å². The number of thiazole rings is 1. The van der Waals surface area contributed by atoms with Crippen molar-refractivity contribution in [3.05, 3.63) is 32.7 Å². The summed E-state index contributed by atoms with van der Waals surface area (Å²) < 4.78 is 10.6. The van der Waals surface area contributed by atoms with Gasteiger partial charge in [0.1, 0.15) is 0 Å². The van der Waals surface area contributed by atoms with Gasteiger partial charge in [0.2, 0.25) is 6.79 Å². The van der Waals surface area contributed by atoms with Gasteiger partial charge >= 0.3 is 10.8 Å². The predicted octanol–water partition coefficient (Wildman–Crippen LogP) is 1.35. The third-order valence-electron chi connectivity index (χ3n) is 3.20. The second-order valence-electron chi connectivity index (χ2n) is 4.95. The molecule has 7 nitrogen and oxygen atoms in total. The summed E-state index contributed by atoms with van der Waals surface area (Å²) in [5, 5.41) is 8.82. The number of aliphatic carboxylic acids is 1. The number of ether oxygens (including phenoxy) is 2. The second kappa shape index (κ2) is 5.82. The van der Waals surface area contributed by atoms with Crippen molar-refractivity contribution in [3.63, 3.8) is 0 Å². The predicted molar refractivity (Wildman–Crippen MR) is 80.5 cm³/mol. The van der Waals surface area contributed by atoms with Gasteiger partial charge in [0.15, 0.2) is 11.5 Å². The molecule has 3 rings (SSSR count). The highest BCUT2D eigenvalue weighted by atomic mass is 32.1. The summed E-state index contributed by atoms with van der Waals surface area (Å²) in [5.41, 5.74) is 1.49. The van der Waals surface area contributed by atoms with Gasteiger partial charge in [-0.05, 0) is 25.2 Å². The zero-order chi connectivity index (χ0) is 15.7. The molecule has 0 bridgehead atoms. The van der Waals surface area contributed by atoms with E-state index in [1.165, 1.54) is 0 Å². The van der Waals surface area contributed by atoms with Crippen LogP contribution in [0.5, 0.6) is 11.5 Å². The fraction of sp³-hybridized carbons (Fsp3) is 0.286. The van der Waals surface area contributed by atoms with Crippen LogP contribution >= 0.6 is 11.3 Å². The van der Waals surface area contributed by atoms with E-state index in [-0.39, 0.29) is 18.2 Å². The van der Waals surface area contributed by atoms with E-state index in [0.717, 1.165) is 21.8 Å². The first-order chi connectivity index (χ1) is 10.5. The SMILES string of the molecule is CN(CC(=O)O)Cc1sc(=O)[nH]c1-c1ccc2c(c1)OCO2. The van der Waals surface area contributed by atoms with Crippen LogP contribution in [0.2, 0.25) is 0 Å². The number of carboxylic acids is 1. The molecule has 0 atom stereocenters. The summed E-state index contributed by atoms with van der Waals surface area (Å²) in [7, 11) is 1.70. The lowest BCUT2D eigenvalue weighted by Gasteiger charge is -2.13. The quantitative estimate of drug-likeness (QED) is 0.863. The number of nitrogens with one attached hydrogen (secondary N) is 1. The molecule has 0 fully saturated rings. The van der Waals surface area contributed by atoms with Gasteiger partial charge in [-0.1, -0.05) is 11.3 Å². The molecule has 1 aromatic heterocycles. The van der Waals surface area contributed by atoms with E-state index in [1.807, 2.05) is 6.07 Å². The van der Waals surface area contributed by atoms with Crippen LogP contribution in [0, 0.1) is 0 Å². The number of benzene rings is 1. The summed E-state index contributed by atoms with van der Waals surface area (Å²) in [6.07, 6.45) is 0. The number of aromatic nitrogens is 1. The van der Waals surface area contributed by atoms with Gasteiger partial charge in [0.25, 0.3) is 0 Å². The highest BCUT2D eigenvalue weighted by Crippen LogP contribution is 2.36. The fourth-order valence-electron chi connectivity index (χ4n) is 2.29. The van der Waals surface area contributed by atoms with Gasteiger partial charge in [-0.15, -0.1) is 0 Å². The van der Waals surface area contributed by atoms with Crippen molar-refractivity contribution in [2.24, 2.45) is 0 Å². The van der Waals surface area contributed by atoms with Crippen LogP contribution in [0.25, 0.3) is 11.3 Å². The molecule has 0 aliphatic carbocycles. The fourth-order valence-corrected chi connectivity index (χ4v) is 3.22. The van der Waals surface area contributed by atoms with E-state index in [2.05, 4.69) is 4.98 Å². The van der Waals surface area contributed by atoms with Crippen molar-refractivity contribution in [2.75, 3.05) is 20.4 Å². The van der Waals surface area contributed by atoms with E-state index in [1.54, 1.807) is 24.1 Å². The van der Waals surface area contributed by atoms with Crippen molar-refractivity contribution >= 4 is 17.3 Å². The third kappa shape index (κ3) is 2.97. The smallest absolute Gasteiger partial charge is 0.317 e. The van der Waals surface area contributed by atoms with Crippen molar-refractivity contribution in [2.45, 2.75) is 6.54 Å². The van der Waals surface area contributed by atoms with Gasteiger partial charge in [-0.25, -0.2) is 0 Å². The number of hydrogen-bond donors (Lipinski definition) is 2. The Morgan fingerprint density at radius 3 is 2.95 bits per heavy atom. The lowest BCUT2D eigenvalue weighted by molar-refractivity contribution is -0.138. The molecule has 1 aliphatic heterocycles. The molecule has 0 radical (unpaired) electrons. The van der Waals surface area contributed by atoms with Crippen LogP contribution in [0.4, 0.5) is 0 Å². The molecule has 22 heavy (non-hydrogen) atoms. The number of rotatable bonds is 5. The standard InChI is InChI=1S/C14H14N2O5S/c1-16(6-12(17)18)5-11-13(15-14(19)22-11)8-2-3-9-10(4-8)21-7-20-9/h2-4H,5-7H2,1H3,(H,15,19)(H,17,18). The molecule has 1 aliphatic rings. The maximum atomic E-state index is 11.7. The maximum absolute atomic E-state index is 11.7. The highest BCUT2D eigenvalue weighted by Gasteiger charge is 2.18. The van der Waals surface area contributed by atoms with Crippen LogP contribution < -0.4 is 14.3 Å². The summed E-state index contributed by atoms with van der Waals surface area (Å²) in [6, 6.07) is 5.44. The molecule has 0 unspecified atom stereocenters. The first kappa shape index (κ1) is 14.6. The lowest BCUT2D eigenvalue weighted by atomic mass is 10.1. The Labute approximate surface area is 129 Å². The average Bonchev–Trinajstić information content (AvgIpc) is 3.03. The van der Waals surface area contributed by atoms with E-state index in [0.29, 0.717) is 23.7 Å². The number of aromatic amines is 1. The van der Waals surface area contributed by atoms with Crippen LogP contribution in [-0.2, 0) is 11.3 Å². The van der Waals surface area contributed by atoms with Crippen molar-refractivity contribution < 1.29 is 19.4 Å². The zero-order valence-electron chi connectivity index (χ0n) is 11.8. The van der Waals surface area contributed by atoms with E-state index >= 15 is 0 Å². The normalized spacial score (nSPS) is 12.8. The summed E-state index contributed by atoms with van der Waals surface area (Å²) in [5.74, 6) is 0.398. The van der Waals surface area contributed by atoms with Gasteiger partial charge in [-0.2, -0.15) is 0 Å². The molecule has 2 aromatic rings. The summed E-state index contributed by atoms with van der Waals surface area (Å²) in [4.78, 5) is 27.5. The molecular formula is C14H14N2O5S. The number of carbonyl (C=O) groups is 1. The lowest BCUT2D eigenvalue weighted by Crippen LogP contribution is -2.24. The Hall–Kier alpha value is -2.32. The van der Waals surface area contributed by atoms with Crippen LogP contribution in [0.3, 0.4) is 0 Å². The Kier molecular flexibility index (Phi) is 3.86. The third-order valence-corrected chi connectivity index (χ3v) is 4.07. The number of fused-ring (bicyclic) bond motifs is 1. The molecule has 2 N–H and O–H groups in total. The second-order valence-corrected chi connectivity index (χ2v) is 6.01. The Morgan fingerprint density at radius 1 is 1.41 bits per heavy atom. The Morgan fingerprint density at radius 2 is 2.18 bits per heavy atom. The summed E-state index contributed by atoms with van der Waals surface area (Å²) >= 11 is 1.08. The van der Waals surface area contributed by atoms with Gasteiger partial charge in [0.05, 0.1) is 12.2 Å². The first-order valence-electron chi connectivity index (χ1n) is 6.55. The number of likely N-dealkylation sites (N-methyl/N-ethyl adjacent to an activating group) is 1. The molecule has 116 valence electrons. The minimum absolute atomic E-state index is 0.0906. The number of H-pyrrole nitrogens is 1. The Bertz CT molecular complexity index is 767. The largest absolute Gasteiger partial charge is 0.480 e. The minimum atomic E-state index is -0.907. The van der Waals surface area contributed by atoms with Crippen molar-refractivity contribution in [1.29, 1.82) is 0 Å². The van der Waals surface area contributed by atoms with Crippen molar-refractivity contribution in [1.82, 2.24) is 9.88 Å². The number of hydrogen-bond acceptors (Lipinski definition) is 6. The first-order valence-corrected chi connectivity index (χ1v) is 7.37. The maximum Gasteiger partial charge on any atom is 0.317 e. The van der Waals surface area contributed by atoms with E-state index in [9.17, 15) is 9.59 Å². The van der Waals surface area contributed by atoms with E-state index < -0.39 is 5.97 Å². The molecule has 8 heteroatoms. The molecule has 2 heterocycles. The van der Waals surface area contributed by atoms with Gasteiger partial charge in [-0.3, -0.25) is 14.5 Å². The molecule has 1 aromatic carbocycles. The molecule has 0 amide bonds. The van der Waals surface area contributed by atoms with Crippen LogP contribution in [-0.4, -0.2) is 41.3 Å². The monoisotopic (exact) mass is 322 g/mol. The van der Waals surface area contributed by atoms with Gasteiger partial charge in [0, 0.05) is 17.0 Å². The molecule has 0 saturated carbocycles. The molecular weight excluding hydrogens is 308 g/mol. The summed E-state index contributed by atoms with van der Waals surface area (Å²) in [6.45, 7) is 0.472. The van der Waals surface area contributed by atoms with E-state index in [4.69, 9.17) is 14.6 Å². The molecule has 0 saturated heterocycles. The number of carboxylic acid groups (broad SMARTS) is 1. The highest BCUT2D eigenvalue weighted by molar-refractivity contribution is 7.09. The van der Waals surface area contributed by atoms with Crippen LogP contribution in [0.1, 0.15) is 4.88 Å².